The van der Waals surface area contributed by atoms with Gasteiger partial charge in [0.2, 0.25) is 0 Å². The molecule has 0 saturated carbocycles. The van der Waals surface area contributed by atoms with Gasteiger partial charge in [0.1, 0.15) is 22.2 Å². The van der Waals surface area contributed by atoms with Crippen molar-refractivity contribution < 1.29 is 14.3 Å². The van der Waals surface area contributed by atoms with Crippen molar-refractivity contribution in [2.75, 3.05) is 12.4 Å². The molecule has 0 atom stereocenters. The Morgan fingerprint density at radius 1 is 1.36 bits per heavy atom. The summed E-state index contributed by atoms with van der Waals surface area (Å²) >= 11 is 4.85. The minimum atomic E-state index is -0.540. The van der Waals surface area contributed by atoms with Gasteiger partial charge in [-0.2, -0.15) is 0 Å². The summed E-state index contributed by atoms with van der Waals surface area (Å²) in [6, 6.07) is 5.72. The molecule has 0 radical (unpaired) electrons. The molecule has 0 fully saturated rings. The molecule has 2 rings (SSSR count). The van der Waals surface area contributed by atoms with Crippen LogP contribution in [0.3, 0.4) is 0 Å². The van der Waals surface area contributed by atoms with E-state index in [1.165, 1.54) is 11.3 Å². The minimum Gasteiger partial charge on any atom is -0.496 e. The van der Waals surface area contributed by atoms with Crippen molar-refractivity contribution in [3.8, 4) is 16.3 Å². The highest BCUT2D eigenvalue weighted by atomic mass is 79.9. The quantitative estimate of drug-likeness (QED) is 0.814. The van der Waals surface area contributed by atoms with E-state index < -0.39 is 11.7 Å². The fourth-order valence-corrected chi connectivity index (χ4v) is 2.82. The molecule has 7 heteroatoms. The first-order valence-corrected chi connectivity index (χ1v) is 8.25. The van der Waals surface area contributed by atoms with Gasteiger partial charge in [-0.1, -0.05) is 6.07 Å². The van der Waals surface area contributed by atoms with Gasteiger partial charge in [0.05, 0.1) is 11.6 Å². The van der Waals surface area contributed by atoms with Crippen LogP contribution in [0.5, 0.6) is 5.75 Å². The highest BCUT2D eigenvalue weighted by molar-refractivity contribution is 9.10. The fourth-order valence-electron chi connectivity index (χ4n) is 1.66. The predicted octanol–water partition coefficient (Wildman–Crippen LogP) is 4.93. The number of rotatable bonds is 3. The first-order valence-electron chi connectivity index (χ1n) is 6.58. The molecule has 0 saturated heterocycles. The summed E-state index contributed by atoms with van der Waals surface area (Å²) in [6.45, 7) is 5.44. The van der Waals surface area contributed by atoms with E-state index in [0.717, 1.165) is 20.8 Å². The van der Waals surface area contributed by atoms with E-state index in [4.69, 9.17) is 9.47 Å². The third-order valence-electron chi connectivity index (χ3n) is 2.53. The van der Waals surface area contributed by atoms with Gasteiger partial charge in [-0.25, -0.2) is 9.78 Å². The van der Waals surface area contributed by atoms with E-state index in [9.17, 15) is 4.79 Å². The van der Waals surface area contributed by atoms with Crippen molar-refractivity contribution in [2.24, 2.45) is 0 Å². The molecular weight excluding hydrogens is 368 g/mol. The van der Waals surface area contributed by atoms with Crippen LogP contribution in [0.15, 0.2) is 28.1 Å². The third-order valence-corrected chi connectivity index (χ3v) is 4.08. The average molecular weight is 385 g/mol. The largest absolute Gasteiger partial charge is 0.496 e. The Morgan fingerprint density at radius 3 is 2.73 bits per heavy atom. The van der Waals surface area contributed by atoms with Crippen LogP contribution in [0.25, 0.3) is 10.6 Å². The summed E-state index contributed by atoms with van der Waals surface area (Å²) in [4.78, 5) is 16.1. The number of hydrogen-bond donors (Lipinski definition) is 1. The van der Waals surface area contributed by atoms with E-state index >= 15 is 0 Å². The molecule has 22 heavy (non-hydrogen) atoms. The maximum Gasteiger partial charge on any atom is 0.413 e. The highest BCUT2D eigenvalue weighted by Gasteiger charge is 2.17. The van der Waals surface area contributed by atoms with Crippen molar-refractivity contribution in [2.45, 2.75) is 26.4 Å². The number of carbonyl (C=O) groups excluding carboxylic acids is 1. The first-order chi connectivity index (χ1) is 10.3. The Labute approximate surface area is 141 Å². The zero-order valence-corrected chi connectivity index (χ0v) is 15.2. The van der Waals surface area contributed by atoms with Crippen LogP contribution < -0.4 is 10.1 Å². The van der Waals surface area contributed by atoms with E-state index in [0.29, 0.717) is 5.82 Å². The molecule has 2 aromatic rings. The Balaban J connectivity index is 2.13. The Kier molecular flexibility index (Phi) is 5.08. The van der Waals surface area contributed by atoms with Crippen LogP contribution >= 0.6 is 27.3 Å². The lowest BCUT2D eigenvalue weighted by Crippen LogP contribution is -2.27. The molecule has 1 amide bonds. The molecule has 0 aliphatic heterocycles. The molecule has 0 bridgehead atoms. The molecule has 0 spiro atoms. The van der Waals surface area contributed by atoms with Gasteiger partial charge in [-0.05, 0) is 48.8 Å². The summed E-state index contributed by atoms with van der Waals surface area (Å²) in [6.07, 6.45) is -0.516. The number of aromatic nitrogens is 1. The molecule has 1 N–H and O–H groups in total. The number of hydrogen-bond acceptors (Lipinski definition) is 5. The zero-order valence-electron chi connectivity index (χ0n) is 12.8. The van der Waals surface area contributed by atoms with Crippen LogP contribution in [0.2, 0.25) is 0 Å². The summed E-state index contributed by atoms with van der Waals surface area (Å²) in [5, 5.41) is 5.19. The number of carbonyl (C=O) groups is 1. The number of thiazole rings is 1. The highest BCUT2D eigenvalue weighted by Crippen LogP contribution is 2.33. The van der Waals surface area contributed by atoms with E-state index in [1.807, 2.05) is 39.0 Å². The molecule has 5 nitrogen and oxygen atoms in total. The number of ether oxygens (including phenoxy) is 2. The van der Waals surface area contributed by atoms with Gasteiger partial charge < -0.3 is 9.47 Å². The van der Waals surface area contributed by atoms with Gasteiger partial charge in [0.25, 0.3) is 0 Å². The molecule has 118 valence electrons. The normalized spacial score (nSPS) is 11.1. The lowest BCUT2D eigenvalue weighted by Gasteiger charge is -2.19. The number of nitrogens with one attached hydrogen (secondary N) is 1. The number of methoxy groups -OCH3 is 1. The van der Waals surface area contributed by atoms with Gasteiger partial charge in [0, 0.05) is 10.9 Å². The molecule has 0 aliphatic rings. The molecular formula is C15H17BrN2O3S. The maximum absolute atomic E-state index is 11.7. The van der Waals surface area contributed by atoms with Crippen LogP contribution in [-0.4, -0.2) is 23.8 Å². The van der Waals surface area contributed by atoms with Crippen molar-refractivity contribution in [1.82, 2.24) is 4.98 Å². The maximum atomic E-state index is 11.7. The second-order valence-electron chi connectivity index (χ2n) is 5.51. The Morgan fingerprint density at radius 2 is 2.09 bits per heavy atom. The fraction of sp³-hybridized carbons (Fsp3) is 0.333. The molecule has 1 heterocycles. The van der Waals surface area contributed by atoms with Crippen LogP contribution in [-0.2, 0) is 4.74 Å². The monoisotopic (exact) mass is 384 g/mol. The third kappa shape index (κ3) is 4.45. The number of halogens is 1. The molecule has 1 aromatic heterocycles. The van der Waals surface area contributed by atoms with Gasteiger partial charge in [0.15, 0.2) is 0 Å². The lowest BCUT2D eigenvalue weighted by molar-refractivity contribution is 0.0635. The van der Waals surface area contributed by atoms with E-state index in [-0.39, 0.29) is 0 Å². The number of benzene rings is 1. The molecule has 1 aromatic carbocycles. The van der Waals surface area contributed by atoms with Gasteiger partial charge >= 0.3 is 6.09 Å². The summed E-state index contributed by atoms with van der Waals surface area (Å²) < 4.78 is 11.3. The molecule has 0 aliphatic carbocycles. The van der Waals surface area contributed by atoms with Gasteiger partial charge in [-0.3, -0.25) is 5.32 Å². The van der Waals surface area contributed by atoms with E-state index in [2.05, 4.69) is 26.2 Å². The predicted molar refractivity (Wildman–Crippen MR) is 91.7 cm³/mol. The average Bonchev–Trinajstić information content (AvgIpc) is 2.85. The van der Waals surface area contributed by atoms with Crippen molar-refractivity contribution in [3.05, 3.63) is 28.1 Å². The number of nitrogens with zero attached hydrogens (tertiary/aromatic N) is 1. The lowest BCUT2D eigenvalue weighted by atomic mass is 10.2. The number of amides is 1. The van der Waals surface area contributed by atoms with Crippen LogP contribution in [0.4, 0.5) is 10.6 Å². The summed E-state index contributed by atoms with van der Waals surface area (Å²) in [7, 11) is 1.61. The smallest absolute Gasteiger partial charge is 0.413 e. The minimum absolute atomic E-state index is 0.469. The number of anilines is 1. The Hall–Kier alpha value is -1.60. The standard InChI is InChI=1S/C15H17BrN2O3S/c1-15(2,3)21-14(19)18-12-8-22-13(17-12)9-5-6-10(16)11(7-9)20-4/h5-8H,1-4H3,(H,18,19). The summed E-state index contributed by atoms with van der Waals surface area (Å²) in [5.41, 5.74) is 0.379. The van der Waals surface area contributed by atoms with Gasteiger partial charge in [-0.15, -0.1) is 11.3 Å². The molecule has 0 unspecified atom stereocenters. The van der Waals surface area contributed by atoms with Crippen molar-refractivity contribution in [1.29, 1.82) is 0 Å². The second-order valence-corrected chi connectivity index (χ2v) is 7.23. The van der Waals surface area contributed by atoms with Crippen LogP contribution in [0.1, 0.15) is 20.8 Å². The van der Waals surface area contributed by atoms with Crippen LogP contribution in [0, 0.1) is 0 Å². The SMILES string of the molecule is COc1cc(-c2nc(NC(=O)OC(C)(C)C)cs2)ccc1Br. The topological polar surface area (TPSA) is 60.5 Å². The Bertz CT molecular complexity index is 680. The van der Waals surface area contributed by atoms with Crippen molar-refractivity contribution >= 4 is 39.2 Å². The summed E-state index contributed by atoms with van der Waals surface area (Å²) in [5.74, 6) is 1.20. The van der Waals surface area contributed by atoms with Crippen molar-refractivity contribution in [3.63, 3.8) is 0 Å². The first kappa shape index (κ1) is 16.8. The second kappa shape index (κ2) is 6.66. The zero-order chi connectivity index (χ0) is 16.3. The van der Waals surface area contributed by atoms with E-state index in [1.54, 1.807) is 12.5 Å².